The Morgan fingerprint density at radius 1 is 1.21 bits per heavy atom. The van der Waals surface area contributed by atoms with Gasteiger partial charge in [-0.25, -0.2) is 5.43 Å². The molecule has 5 heteroatoms. The van der Waals surface area contributed by atoms with E-state index in [1.54, 1.807) is 0 Å². The predicted molar refractivity (Wildman–Crippen MR) is 79.1 cm³/mol. The Hall–Kier alpha value is -1.30. The van der Waals surface area contributed by atoms with E-state index in [-0.39, 0.29) is 6.04 Å². The molecule has 1 unspecified atom stereocenters. The first-order valence-corrected chi connectivity index (χ1v) is 7.17. The number of nitrogens with one attached hydrogen (secondary N) is 1. The summed E-state index contributed by atoms with van der Waals surface area (Å²) in [7, 11) is 0. The van der Waals surface area contributed by atoms with Crippen molar-refractivity contribution in [3.8, 4) is 0 Å². The summed E-state index contributed by atoms with van der Waals surface area (Å²) in [5.41, 5.74) is 7.61. The minimum absolute atomic E-state index is 0.0447. The summed E-state index contributed by atoms with van der Waals surface area (Å²) in [6.07, 6.45) is 0. The van der Waals surface area contributed by atoms with Gasteiger partial charge in [0.25, 0.3) is 0 Å². The molecular formula is C14H20N4S. The molecule has 0 aliphatic carbocycles. The molecule has 0 saturated carbocycles. The van der Waals surface area contributed by atoms with Gasteiger partial charge in [-0.15, -0.1) is 5.10 Å². The van der Waals surface area contributed by atoms with Gasteiger partial charge in [-0.3, -0.25) is 5.84 Å². The predicted octanol–water partition coefficient (Wildman–Crippen LogP) is 2.83. The molecule has 4 nitrogen and oxygen atoms in total. The molecule has 0 spiro atoms. The summed E-state index contributed by atoms with van der Waals surface area (Å²) in [6.45, 7) is 8.46. The van der Waals surface area contributed by atoms with Crippen LogP contribution in [0.2, 0.25) is 0 Å². The zero-order valence-electron chi connectivity index (χ0n) is 11.8. The second kappa shape index (κ2) is 5.77. The van der Waals surface area contributed by atoms with Crippen LogP contribution in [-0.2, 0) is 0 Å². The molecule has 0 amide bonds. The minimum Gasteiger partial charge on any atom is -0.271 e. The van der Waals surface area contributed by atoms with Gasteiger partial charge < -0.3 is 0 Å². The van der Waals surface area contributed by atoms with Gasteiger partial charge in [-0.1, -0.05) is 36.5 Å². The highest BCUT2D eigenvalue weighted by molar-refractivity contribution is 7.05. The van der Waals surface area contributed by atoms with E-state index in [1.165, 1.54) is 22.7 Å². The molecule has 0 radical (unpaired) electrons. The van der Waals surface area contributed by atoms with Gasteiger partial charge >= 0.3 is 0 Å². The number of hydrogen-bond acceptors (Lipinski definition) is 5. The third-order valence-electron chi connectivity index (χ3n) is 3.38. The summed E-state index contributed by atoms with van der Waals surface area (Å²) < 4.78 is 4.07. The van der Waals surface area contributed by atoms with Crippen molar-refractivity contribution in [2.45, 2.75) is 39.7 Å². The van der Waals surface area contributed by atoms with Crippen molar-refractivity contribution in [2.75, 3.05) is 0 Å². The molecular weight excluding hydrogens is 256 g/mol. The number of hydrogen-bond donors (Lipinski definition) is 2. The van der Waals surface area contributed by atoms with Crippen LogP contribution in [0.3, 0.4) is 0 Å². The molecule has 102 valence electrons. The summed E-state index contributed by atoms with van der Waals surface area (Å²) in [5.74, 6) is 6.10. The molecule has 0 aliphatic heterocycles. The van der Waals surface area contributed by atoms with Crippen LogP contribution >= 0.6 is 11.5 Å². The van der Waals surface area contributed by atoms with Crippen LogP contribution in [0.15, 0.2) is 18.2 Å². The van der Waals surface area contributed by atoms with Crippen molar-refractivity contribution in [3.05, 3.63) is 45.5 Å². The number of aromatic nitrogens is 2. The standard InChI is InChI=1S/C14H20N4S/c1-8(2)12-14(19-18-17-12)13(16-15)11-6-5-9(3)10(4)7-11/h5-8,13,16H,15H2,1-4H3. The smallest absolute Gasteiger partial charge is 0.0837 e. The molecule has 2 rings (SSSR count). The van der Waals surface area contributed by atoms with E-state index >= 15 is 0 Å². The number of hydrazine groups is 1. The molecule has 3 N–H and O–H groups in total. The number of nitrogens with two attached hydrogens (primary N) is 1. The van der Waals surface area contributed by atoms with E-state index in [4.69, 9.17) is 5.84 Å². The SMILES string of the molecule is Cc1ccc(C(NN)c2snnc2C(C)C)cc1C. The number of aryl methyl sites for hydroxylation is 2. The highest BCUT2D eigenvalue weighted by Crippen LogP contribution is 2.30. The van der Waals surface area contributed by atoms with Crippen LogP contribution < -0.4 is 11.3 Å². The van der Waals surface area contributed by atoms with Gasteiger partial charge in [0.2, 0.25) is 0 Å². The van der Waals surface area contributed by atoms with Crippen LogP contribution in [0.1, 0.15) is 53.1 Å². The second-order valence-electron chi connectivity index (χ2n) is 5.12. The van der Waals surface area contributed by atoms with Gasteiger partial charge in [0, 0.05) is 0 Å². The quantitative estimate of drug-likeness (QED) is 0.666. The van der Waals surface area contributed by atoms with Gasteiger partial charge in [0.15, 0.2) is 0 Å². The lowest BCUT2D eigenvalue weighted by Gasteiger charge is -2.17. The van der Waals surface area contributed by atoms with E-state index in [1.807, 2.05) is 0 Å². The van der Waals surface area contributed by atoms with E-state index < -0.39 is 0 Å². The van der Waals surface area contributed by atoms with Crippen molar-refractivity contribution in [2.24, 2.45) is 5.84 Å². The highest BCUT2D eigenvalue weighted by atomic mass is 32.1. The Labute approximate surface area is 118 Å². The lowest BCUT2D eigenvalue weighted by atomic mass is 9.97. The molecule has 2 aromatic rings. The van der Waals surface area contributed by atoms with Crippen LogP contribution in [-0.4, -0.2) is 9.59 Å². The van der Waals surface area contributed by atoms with E-state index in [2.05, 4.69) is 60.9 Å². The Morgan fingerprint density at radius 2 is 1.95 bits per heavy atom. The molecule has 0 aliphatic rings. The fraction of sp³-hybridized carbons (Fsp3) is 0.429. The normalized spacial score (nSPS) is 12.9. The summed E-state index contributed by atoms with van der Waals surface area (Å²) in [5, 5.41) is 4.22. The van der Waals surface area contributed by atoms with Crippen LogP contribution in [0.4, 0.5) is 0 Å². The molecule has 0 bridgehead atoms. The first kappa shape index (κ1) is 14.1. The fourth-order valence-corrected chi connectivity index (χ4v) is 2.97. The maximum absolute atomic E-state index is 5.75. The van der Waals surface area contributed by atoms with Gasteiger partial charge in [0.05, 0.1) is 16.6 Å². The van der Waals surface area contributed by atoms with Crippen LogP contribution in [0, 0.1) is 13.8 Å². The zero-order chi connectivity index (χ0) is 14.0. The lowest BCUT2D eigenvalue weighted by Crippen LogP contribution is -2.29. The number of benzene rings is 1. The molecule has 19 heavy (non-hydrogen) atoms. The summed E-state index contributed by atoms with van der Waals surface area (Å²) in [4.78, 5) is 1.10. The van der Waals surface area contributed by atoms with Gasteiger partial charge in [-0.2, -0.15) is 0 Å². The molecule has 1 aromatic carbocycles. The fourth-order valence-electron chi connectivity index (χ4n) is 2.07. The maximum atomic E-state index is 5.75. The highest BCUT2D eigenvalue weighted by Gasteiger charge is 2.22. The molecule has 0 fully saturated rings. The molecule has 1 atom stereocenters. The van der Waals surface area contributed by atoms with Crippen molar-refractivity contribution in [1.82, 2.24) is 15.0 Å². The Kier molecular flexibility index (Phi) is 4.29. The summed E-state index contributed by atoms with van der Waals surface area (Å²) in [6, 6.07) is 6.36. The Balaban J connectivity index is 2.44. The zero-order valence-corrected chi connectivity index (χ0v) is 12.6. The first-order valence-electron chi connectivity index (χ1n) is 6.40. The third-order valence-corrected chi connectivity index (χ3v) is 4.19. The van der Waals surface area contributed by atoms with Crippen LogP contribution in [0.5, 0.6) is 0 Å². The molecule has 0 saturated heterocycles. The van der Waals surface area contributed by atoms with Gasteiger partial charge in [0.1, 0.15) is 0 Å². The van der Waals surface area contributed by atoms with E-state index in [0.29, 0.717) is 5.92 Å². The number of rotatable bonds is 4. The molecule has 1 aromatic heterocycles. The minimum atomic E-state index is -0.0447. The third kappa shape index (κ3) is 2.83. The van der Waals surface area contributed by atoms with Gasteiger partial charge in [-0.05, 0) is 48.0 Å². The second-order valence-corrected chi connectivity index (χ2v) is 5.91. The molecule has 1 heterocycles. The maximum Gasteiger partial charge on any atom is 0.0837 e. The average Bonchev–Trinajstić information content (AvgIpc) is 2.84. The van der Waals surface area contributed by atoms with E-state index in [9.17, 15) is 0 Å². The van der Waals surface area contributed by atoms with E-state index in [0.717, 1.165) is 16.1 Å². The largest absolute Gasteiger partial charge is 0.271 e. The van der Waals surface area contributed by atoms with Crippen molar-refractivity contribution < 1.29 is 0 Å². The lowest BCUT2D eigenvalue weighted by molar-refractivity contribution is 0.631. The van der Waals surface area contributed by atoms with Crippen molar-refractivity contribution in [3.63, 3.8) is 0 Å². The monoisotopic (exact) mass is 276 g/mol. The first-order chi connectivity index (χ1) is 9.04. The average molecular weight is 276 g/mol. The Bertz CT molecular complexity index is 562. The summed E-state index contributed by atoms with van der Waals surface area (Å²) >= 11 is 1.41. The Morgan fingerprint density at radius 3 is 2.53 bits per heavy atom. The number of nitrogens with zero attached hydrogens (tertiary/aromatic N) is 2. The van der Waals surface area contributed by atoms with Crippen molar-refractivity contribution in [1.29, 1.82) is 0 Å². The topological polar surface area (TPSA) is 63.8 Å². The van der Waals surface area contributed by atoms with Crippen molar-refractivity contribution >= 4 is 11.5 Å². The van der Waals surface area contributed by atoms with Crippen LogP contribution in [0.25, 0.3) is 0 Å².